The Kier molecular flexibility index (Phi) is 9.57. The minimum absolute atomic E-state index is 0.0901. The molecule has 3 aromatic carbocycles. The van der Waals surface area contributed by atoms with Crippen molar-refractivity contribution < 1.29 is 27.4 Å². The van der Waals surface area contributed by atoms with E-state index in [1.807, 2.05) is 36.4 Å². The van der Waals surface area contributed by atoms with Crippen molar-refractivity contribution in [3.8, 4) is 11.5 Å². The quantitative estimate of drug-likeness (QED) is 0.220. The van der Waals surface area contributed by atoms with Gasteiger partial charge in [0, 0.05) is 12.1 Å². The van der Waals surface area contributed by atoms with Gasteiger partial charge in [0.1, 0.15) is 24.7 Å². The van der Waals surface area contributed by atoms with Crippen LogP contribution in [0, 0.1) is 5.92 Å². The van der Waals surface area contributed by atoms with Crippen LogP contribution in [0.4, 0.5) is 13.2 Å². The topological polar surface area (TPSA) is 59.6 Å². The number of nitrogens with one attached hydrogen (secondary N) is 2. The molecule has 2 aliphatic rings. The number of benzene rings is 3. The van der Waals surface area contributed by atoms with Crippen molar-refractivity contribution in [2.75, 3.05) is 26.3 Å². The third-order valence-electron chi connectivity index (χ3n) is 7.26. The number of carbonyl (C=O) groups excluding carboxylic acids is 1. The van der Waals surface area contributed by atoms with E-state index in [0.717, 1.165) is 48.2 Å². The Morgan fingerprint density at radius 1 is 0.976 bits per heavy atom. The second-order valence-electron chi connectivity index (χ2n) is 10.2. The fourth-order valence-corrected chi connectivity index (χ4v) is 5.61. The van der Waals surface area contributed by atoms with Crippen LogP contribution in [0.15, 0.2) is 66.2 Å². The summed E-state index contributed by atoms with van der Waals surface area (Å²) in [7, 11) is 0. The minimum atomic E-state index is -4.48. The molecule has 1 amide bonds. The zero-order valence-corrected chi connectivity index (χ0v) is 24.6. The van der Waals surface area contributed by atoms with Crippen molar-refractivity contribution in [3.63, 3.8) is 0 Å². The summed E-state index contributed by atoms with van der Waals surface area (Å²) >= 11 is 18.7. The Balaban J connectivity index is 1.22. The Morgan fingerprint density at radius 2 is 1.71 bits per heavy atom. The van der Waals surface area contributed by atoms with Crippen LogP contribution in [0.5, 0.6) is 11.5 Å². The molecular formula is C31H28Cl3F3N2O3. The van der Waals surface area contributed by atoms with Crippen LogP contribution in [0.1, 0.15) is 42.0 Å². The zero-order valence-electron chi connectivity index (χ0n) is 22.4. The van der Waals surface area contributed by atoms with Gasteiger partial charge in [0.15, 0.2) is 0 Å². The number of alkyl halides is 3. The molecule has 222 valence electrons. The predicted octanol–water partition coefficient (Wildman–Crippen LogP) is 8.14. The molecule has 5 rings (SSSR count). The number of ether oxygens (including phenoxy) is 2. The molecule has 0 spiro atoms. The van der Waals surface area contributed by atoms with Gasteiger partial charge in [0.2, 0.25) is 5.91 Å². The van der Waals surface area contributed by atoms with E-state index in [1.165, 1.54) is 6.07 Å². The Hall–Kier alpha value is -2.91. The molecule has 1 aliphatic heterocycles. The first-order valence-electron chi connectivity index (χ1n) is 13.5. The molecule has 5 nitrogen and oxygen atoms in total. The van der Waals surface area contributed by atoms with Gasteiger partial charge in [-0.15, -0.1) is 0 Å². The van der Waals surface area contributed by atoms with Crippen LogP contribution in [0.2, 0.25) is 15.1 Å². The number of hydrogen-bond acceptors (Lipinski definition) is 4. The van der Waals surface area contributed by atoms with Gasteiger partial charge in [-0.1, -0.05) is 59.1 Å². The third-order valence-corrected chi connectivity index (χ3v) is 8.39. The average Bonchev–Trinajstić information content (AvgIpc) is 3.82. The summed E-state index contributed by atoms with van der Waals surface area (Å²) in [6, 6.07) is 15.7. The molecule has 0 aromatic heterocycles. The molecule has 0 saturated heterocycles. The highest BCUT2D eigenvalue weighted by molar-refractivity contribution is 6.42. The lowest BCUT2D eigenvalue weighted by molar-refractivity contribution is -0.137. The molecule has 1 saturated carbocycles. The van der Waals surface area contributed by atoms with Crippen LogP contribution in [0.25, 0.3) is 5.57 Å². The second-order valence-corrected chi connectivity index (χ2v) is 11.4. The number of carbonyl (C=O) groups is 1. The largest absolute Gasteiger partial charge is 0.490 e. The lowest BCUT2D eigenvalue weighted by atomic mass is 9.93. The SMILES string of the molecule is O=C(NC(c1cccc(Cl)c1Cl)C1CC1)C1=C(c2ccc(OCCOc3ccc(C(F)(F)F)cc3Cl)cc2)CCNC1. The summed E-state index contributed by atoms with van der Waals surface area (Å²) in [5.74, 6) is 0.922. The zero-order chi connectivity index (χ0) is 29.9. The molecule has 1 aliphatic carbocycles. The van der Waals surface area contributed by atoms with E-state index in [2.05, 4.69) is 10.6 Å². The first-order chi connectivity index (χ1) is 20.1. The molecule has 2 N–H and O–H groups in total. The summed E-state index contributed by atoms with van der Waals surface area (Å²) in [4.78, 5) is 13.6. The summed E-state index contributed by atoms with van der Waals surface area (Å²) < 4.78 is 49.7. The van der Waals surface area contributed by atoms with Crippen LogP contribution in [-0.4, -0.2) is 32.2 Å². The highest BCUT2D eigenvalue weighted by Crippen LogP contribution is 2.44. The molecule has 1 fully saturated rings. The maximum atomic E-state index is 13.6. The van der Waals surface area contributed by atoms with Crippen molar-refractivity contribution >= 4 is 46.3 Å². The van der Waals surface area contributed by atoms with Gasteiger partial charge in [-0.3, -0.25) is 4.79 Å². The van der Waals surface area contributed by atoms with E-state index in [1.54, 1.807) is 6.07 Å². The third kappa shape index (κ3) is 7.35. The van der Waals surface area contributed by atoms with Crippen molar-refractivity contribution in [2.24, 2.45) is 5.92 Å². The molecule has 3 aromatic rings. The molecule has 0 radical (unpaired) electrons. The van der Waals surface area contributed by atoms with Crippen LogP contribution < -0.4 is 20.1 Å². The summed E-state index contributed by atoms with van der Waals surface area (Å²) in [6.45, 7) is 1.45. The van der Waals surface area contributed by atoms with E-state index >= 15 is 0 Å². The Bertz CT molecular complexity index is 1470. The van der Waals surface area contributed by atoms with Crippen LogP contribution >= 0.6 is 34.8 Å². The fourth-order valence-electron chi connectivity index (χ4n) is 4.95. The number of halogens is 6. The van der Waals surface area contributed by atoms with Gasteiger partial charge in [-0.05, 0) is 84.8 Å². The summed E-state index contributed by atoms with van der Waals surface area (Å²) in [6.07, 6.45) is -1.75. The first-order valence-corrected chi connectivity index (χ1v) is 14.7. The Morgan fingerprint density at radius 3 is 2.40 bits per heavy atom. The van der Waals surface area contributed by atoms with Crippen molar-refractivity contribution in [2.45, 2.75) is 31.5 Å². The van der Waals surface area contributed by atoms with Gasteiger partial charge >= 0.3 is 6.18 Å². The van der Waals surface area contributed by atoms with Gasteiger partial charge in [0.25, 0.3) is 0 Å². The van der Waals surface area contributed by atoms with E-state index in [-0.39, 0.29) is 35.9 Å². The minimum Gasteiger partial charge on any atom is -0.490 e. The molecule has 0 bridgehead atoms. The first kappa shape index (κ1) is 30.5. The second kappa shape index (κ2) is 13.2. The maximum Gasteiger partial charge on any atom is 0.416 e. The van der Waals surface area contributed by atoms with Gasteiger partial charge in [-0.2, -0.15) is 13.2 Å². The lowest BCUT2D eigenvalue weighted by Crippen LogP contribution is -2.37. The summed E-state index contributed by atoms with van der Waals surface area (Å²) in [5.41, 5.74) is 2.56. The number of amides is 1. The molecule has 11 heteroatoms. The van der Waals surface area contributed by atoms with Crippen molar-refractivity contribution in [3.05, 3.63) is 98.0 Å². The van der Waals surface area contributed by atoms with Gasteiger partial charge in [-0.25, -0.2) is 0 Å². The van der Waals surface area contributed by atoms with Crippen LogP contribution in [-0.2, 0) is 11.0 Å². The van der Waals surface area contributed by atoms with E-state index in [9.17, 15) is 18.0 Å². The predicted molar refractivity (Wildman–Crippen MR) is 158 cm³/mol. The van der Waals surface area contributed by atoms with Gasteiger partial charge < -0.3 is 20.1 Å². The van der Waals surface area contributed by atoms with Gasteiger partial charge in [0.05, 0.1) is 26.7 Å². The molecular weight excluding hydrogens is 612 g/mol. The highest BCUT2D eigenvalue weighted by atomic mass is 35.5. The number of rotatable bonds is 10. The Labute approximate surface area is 256 Å². The molecule has 1 atom stereocenters. The maximum absolute atomic E-state index is 13.6. The smallest absolute Gasteiger partial charge is 0.416 e. The van der Waals surface area contributed by atoms with Crippen LogP contribution in [0.3, 0.4) is 0 Å². The van der Waals surface area contributed by atoms with Crippen molar-refractivity contribution in [1.82, 2.24) is 10.6 Å². The molecule has 42 heavy (non-hydrogen) atoms. The summed E-state index contributed by atoms with van der Waals surface area (Å²) in [5, 5.41) is 7.33. The standard InChI is InChI=1S/C31H28Cl3F3N2O3/c32-25-3-1-2-23(28(25)34)29(19-4-5-19)39-30(40)24-17-38-13-12-22(24)18-6-9-21(10-7-18)41-14-15-42-27-11-8-20(16-26(27)33)31(35,36)37/h1-3,6-11,16,19,29,38H,4-5,12-15,17H2,(H,39,40). The normalized spacial score (nSPS) is 16.2. The highest BCUT2D eigenvalue weighted by Gasteiger charge is 2.36. The monoisotopic (exact) mass is 638 g/mol. The van der Waals surface area contributed by atoms with E-state index in [4.69, 9.17) is 44.3 Å². The van der Waals surface area contributed by atoms with E-state index < -0.39 is 11.7 Å². The lowest BCUT2D eigenvalue weighted by Gasteiger charge is -2.25. The average molecular weight is 640 g/mol. The number of hydrogen-bond donors (Lipinski definition) is 2. The molecule has 1 unspecified atom stereocenters. The van der Waals surface area contributed by atoms with Crippen molar-refractivity contribution in [1.29, 1.82) is 0 Å². The fraction of sp³-hybridized carbons (Fsp3) is 0.323. The molecule has 1 heterocycles. The van der Waals surface area contributed by atoms with E-state index in [0.29, 0.717) is 40.3 Å².